The zero-order valence-electron chi connectivity index (χ0n) is 14.0. The van der Waals surface area contributed by atoms with Crippen LogP contribution >= 0.6 is 7.60 Å². The number of hydrogen-bond acceptors (Lipinski definition) is 6. The van der Waals surface area contributed by atoms with Gasteiger partial charge in [0.05, 0.1) is 0 Å². The largest absolute Gasteiger partial charge is 0.389 e. The van der Waals surface area contributed by atoms with Crippen LogP contribution in [0, 0.1) is 6.92 Å². The van der Waals surface area contributed by atoms with Gasteiger partial charge in [0.1, 0.15) is 11.1 Å². The van der Waals surface area contributed by atoms with Crippen LogP contribution in [0.3, 0.4) is 0 Å². The lowest BCUT2D eigenvalue weighted by atomic mass is 10.1. The highest BCUT2D eigenvalue weighted by atomic mass is 32.2. The van der Waals surface area contributed by atoms with Crippen LogP contribution in [0.5, 0.6) is 5.75 Å². The first kappa shape index (κ1) is 18.8. The standard InChI is InChI=1S/C14H19N2O6PS/c1-9-6-11-10(7-12(9)22-24(19)16(2)3)8-13(14(17)15-11)23(18,20-4)21-5/h6-8H,1-5H3,(H,15,17). The summed E-state index contributed by atoms with van der Waals surface area (Å²) in [6.07, 6.45) is 0. The second-order valence-corrected chi connectivity index (χ2v) is 8.70. The van der Waals surface area contributed by atoms with E-state index in [1.807, 2.05) is 0 Å². The van der Waals surface area contributed by atoms with Crippen molar-refractivity contribution >= 4 is 35.1 Å². The summed E-state index contributed by atoms with van der Waals surface area (Å²) >= 11 is -1.65. The average Bonchev–Trinajstić information content (AvgIpc) is 2.54. The molecule has 0 saturated heterocycles. The van der Waals surface area contributed by atoms with Gasteiger partial charge < -0.3 is 18.2 Å². The van der Waals surface area contributed by atoms with Gasteiger partial charge >= 0.3 is 7.60 Å². The lowest BCUT2D eigenvalue weighted by molar-refractivity contribution is 0.287. The third-order valence-electron chi connectivity index (χ3n) is 3.36. The number of benzene rings is 1. The van der Waals surface area contributed by atoms with E-state index in [4.69, 9.17) is 13.2 Å². The van der Waals surface area contributed by atoms with Crippen molar-refractivity contribution in [3.05, 3.63) is 34.1 Å². The minimum Gasteiger partial charge on any atom is -0.389 e. The maximum absolute atomic E-state index is 12.5. The Morgan fingerprint density at radius 2 is 1.79 bits per heavy atom. The molecule has 0 aliphatic heterocycles. The fourth-order valence-corrected chi connectivity index (χ4v) is 3.67. The molecule has 1 aromatic heterocycles. The van der Waals surface area contributed by atoms with Crippen molar-refractivity contribution in [3.8, 4) is 5.75 Å². The topological polar surface area (TPSA) is 97.9 Å². The summed E-state index contributed by atoms with van der Waals surface area (Å²) in [6.45, 7) is 1.77. The van der Waals surface area contributed by atoms with Gasteiger partial charge in [-0.25, -0.2) is 0 Å². The molecule has 1 N–H and O–H groups in total. The van der Waals surface area contributed by atoms with Crippen molar-refractivity contribution in [1.82, 2.24) is 9.29 Å². The van der Waals surface area contributed by atoms with Crippen LogP contribution in [0.15, 0.2) is 23.0 Å². The fraction of sp³-hybridized carbons (Fsp3) is 0.357. The normalized spacial score (nSPS) is 13.4. The lowest BCUT2D eigenvalue weighted by Gasteiger charge is -2.15. The fourth-order valence-electron chi connectivity index (χ4n) is 2.05. The van der Waals surface area contributed by atoms with Gasteiger partial charge in [0.2, 0.25) is 0 Å². The zero-order valence-corrected chi connectivity index (χ0v) is 15.7. The summed E-state index contributed by atoms with van der Waals surface area (Å²) < 4.78 is 40.9. The average molecular weight is 374 g/mol. The molecule has 2 aromatic rings. The highest BCUT2D eigenvalue weighted by molar-refractivity contribution is 7.78. The van der Waals surface area contributed by atoms with Gasteiger partial charge in [-0.3, -0.25) is 9.36 Å². The molecule has 1 atom stereocenters. The molecule has 132 valence electrons. The Hall–Kier alpha value is -1.51. The molecular formula is C14H19N2O6PS. The summed E-state index contributed by atoms with van der Waals surface area (Å²) in [4.78, 5) is 14.8. The Labute approximate surface area is 142 Å². The molecule has 0 spiro atoms. The molecule has 2 rings (SSSR count). The summed E-state index contributed by atoms with van der Waals surface area (Å²) in [7, 11) is 1.96. The number of rotatable bonds is 6. The Morgan fingerprint density at radius 1 is 1.17 bits per heavy atom. The quantitative estimate of drug-likeness (QED) is 0.769. The van der Waals surface area contributed by atoms with Gasteiger partial charge in [-0.2, -0.15) is 8.51 Å². The van der Waals surface area contributed by atoms with Gasteiger partial charge in [0.25, 0.3) is 16.8 Å². The molecular weight excluding hydrogens is 355 g/mol. The van der Waals surface area contributed by atoms with E-state index in [1.165, 1.54) is 24.6 Å². The first-order chi connectivity index (χ1) is 11.2. The van der Waals surface area contributed by atoms with Crippen LogP contribution in [-0.4, -0.2) is 41.8 Å². The molecule has 0 fully saturated rings. The highest BCUT2D eigenvalue weighted by Crippen LogP contribution is 2.44. The summed E-state index contributed by atoms with van der Waals surface area (Å²) in [5.74, 6) is 0.386. The molecule has 10 heteroatoms. The van der Waals surface area contributed by atoms with E-state index in [0.717, 1.165) is 0 Å². The Balaban J connectivity index is 2.62. The van der Waals surface area contributed by atoms with Crippen LogP contribution in [0.2, 0.25) is 0 Å². The van der Waals surface area contributed by atoms with Crippen molar-refractivity contribution in [2.75, 3.05) is 28.3 Å². The minimum absolute atomic E-state index is 0.108. The number of aromatic nitrogens is 1. The number of aryl methyl sites for hydroxylation is 1. The van der Waals surface area contributed by atoms with Crippen molar-refractivity contribution in [1.29, 1.82) is 0 Å². The Morgan fingerprint density at radius 3 is 2.33 bits per heavy atom. The minimum atomic E-state index is -3.70. The van der Waals surface area contributed by atoms with Crippen molar-refractivity contribution < 1.29 is 22.0 Å². The molecule has 0 radical (unpaired) electrons. The van der Waals surface area contributed by atoms with Gasteiger partial charge in [-0.05, 0) is 30.7 Å². The SMILES string of the molecule is COP(=O)(OC)c1cc2cc(OS(=O)N(C)C)c(C)cc2[nH]c1=O. The molecule has 0 bridgehead atoms. The van der Waals surface area contributed by atoms with Crippen LogP contribution < -0.4 is 15.0 Å². The van der Waals surface area contributed by atoms with Gasteiger partial charge in [-0.1, -0.05) is 0 Å². The molecule has 0 amide bonds. The number of pyridine rings is 1. The van der Waals surface area contributed by atoms with E-state index >= 15 is 0 Å². The van der Waals surface area contributed by atoms with Crippen molar-refractivity contribution in [2.24, 2.45) is 0 Å². The van der Waals surface area contributed by atoms with Crippen LogP contribution in [0.4, 0.5) is 0 Å². The molecule has 1 unspecified atom stereocenters. The molecule has 24 heavy (non-hydrogen) atoms. The maximum Gasteiger partial charge on any atom is 0.366 e. The predicted octanol–water partition coefficient (Wildman–Crippen LogP) is 1.47. The van der Waals surface area contributed by atoms with Crippen molar-refractivity contribution in [3.63, 3.8) is 0 Å². The maximum atomic E-state index is 12.5. The number of nitrogens with one attached hydrogen (secondary N) is 1. The van der Waals surface area contributed by atoms with E-state index < -0.39 is 24.4 Å². The second-order valence-electron chi connectivity index (χ2n) is 5.16. The van der Waals surface area contributed by atoms with Crippen LogP contribution in [-0.2, 0) is 24.9 Å². The molecule has 0 aliphatic carbocycles. The third-order valence-corrected chi connectivity index (χ3v) is 6.16. The lowest BCUT2D eigenvalue weighted by Crippen LogP contribution is -2.28. The first-order valence-corrected chi connectivity index (χ1v) is 9.46. The number of nitrogens with zero attached hydrogens (tertiary/aromatic N) is 1. The number of hydrogen-bond donors (Lipinski definition) is 1. The van der Waals surface area contributed by atoms with Crippen molar-refractivity contribution in [2.45, 2.75) is 6.92 Å². The third kappa shape index (κ3) is 3.60. The molecule has 0 aliphatic rings. The smallest absolute Gasteiger partial charge is 0.366 e. The Kier molecular flexibility index (Phi) is 5.62. The zero-order chi connectivity index (χ0) is 18.1. The van der Waals surface area contributed by atoms with E-state index in [-0.39, 0.29) is 5.30 Å². The first-order valence-electron chi connectivity index (χ1n) is 6.89. The van der Waals surface area contributed by atoms with E-state index in [1.54, 1.807) is 33.2 Å². The molecule has 1 aromatic carbocycles. The number of fused-ring (bicyclic) bond motifs is 1. The van der Waals surface area contributed by atoms with E-state index in [0.29, 0.717) is 22.2 Å². The highest BCUT2D eigenvalue weighted by Gasteiger charge is 2.28. The van der Waals surface area contributed by atoms with E-state index in [9.17, 15) is 13.6 Å². The van der Waals surface area contributed by atoms with E-state index in [2.05, 4.69) is 4.98 Å². The summed E-state index contributed by atoms with van der Waals surface area (Å²) in [5, 5.41) is 0.443. The van der Waals surface area contributed by atoms with Gasteiger partial charge in [0.15, 0.2) is 0 Å². The van der Waals surface area contributed by atoms with Crippen LogP contribution in [0.1, 0.15) is 5.56 Å². The summed E-state index contributed by atoms with van der Waals surface area (Å²) in [5.41, 5.74) is 0.672. The summed E-state index contributed by atoms with van der Waals surface area (Å²) in [6, 6.07) is 4.72. The predicted molar refractivity (Wildman–Crippen MR) is 93.0 cm³/mol. The molecule has 8 nitrogen and oxygen atoms in total. The number of H-pyrrole nitrogens is 1. The second kappa shape index (κ2) is 7.16. The Bertz CT molecular complexity index is 887. The number of aromatic amines is 1. The monoisotopic (exact) mass is 374 g/mol. The van der Waals surface area contributed by atoms with Crippen LogP contribution in [0.25, 0.3) is 10.9 Å². The van der Waals surface area contributed by atoms with Gasteiger partial charge in [0, 0.05) is 39.2 Å². The molecule has 1 heterocycles. The van der Waals surface area contributed by atoms with Gasteiger partial charge in [-0.15, -0.1) is 0 Å². The molecule has 0 saturated carbocycles.